The van der Waals surface area contributed by atoms with E-state index in [4.69, 9.17) is 20.2 Å². The van der Waals surface area contributed by atoms with Crippen molar-refractivity contribution in [2.75, 3.05) is 20.8 Å². The first kappa shape index (κ1) is 19.8. The molecule has 140 valence electrons. The van der Waals surface area contributed by atoms with E-state index >= 15 is 0 Å². The largest absolute Gasteiger partial charge is 0.493 e. The Balaban J connectivity index is 2.10. The highest BCUT2D eigenvalue weighted by Crippen LogP contribution is 2.34. The Bertz CT molecular complexity index is 714. The first-order valence-electron chi connectivity index (χ1n) is 8.34. The highest BCUT2D eigenvalue weighted by molar-refractivity contribution is 8.13. The fraction of sp³-hybridized carbons (Fsp3) is 0.588. The highest BCUT2D eigenvalue weighted by Gasteiger charge is 2.22. The van der Waals surface area contributed by atoms with Crippen LogP contribution in [0, 0.1) is 5.92 Å². The number of nitrogens with one attached hydrogen (secondary N) is 1. The van der Waals surface area contributed by atoms with Crippen LogP contribution in [0.3, 0.4) is 0 Å². The summed E-state index contributed by atoms with van der Waals surface area (Å²) in [5, 5.41) is 2.90. The van der Waals surface area contributed by atoms with Gasteiger partial charge in [-0.05, 0) is 30.9 Å². The van der Waals surface area contributed by atoms with Crippen LogP contribution in [0.25, 0.3) is 0 Å². The van der Waals surface area contributed by atoms with Gasteiger partial charge in [0.25, 0.3) is 9.05 Å². The molecular formula is C17H24ClNO5S. The monoisotopic (exact) mass is 389 g/mol. The van der Waals surface area contributed by atoms with Crippen LogP contribution in [0.5, 0.6) is 11.5 Å². The molecule has 1 aromatic rings. The van der Waals surface area contributed by atoms with Gasteiger partial charge in [-0.1, -0.05) is 19.3 Å². The summed E-state index contributed by atoms with van der Waals surface area (Å²) < 4.78 is 34.0. The van der Waals surface area contributed by atoms with Crippen LogP contribution in [0.2, 0.25) is 0 Å². The third-order valence-corrected chi connectivity index (χ3v) is 5.90. The van der Waals surface area contributed by atoms with Gasteiger partial charge in [0, 0.05) is 29.2 Å². The second kappa shape index (κ2) is 8.76. The molecule has 6 nitrogen and oxygen atoms in total. The van der Waals surface area contributed by atoms with E-state index in [-0.39, 0.29) is 22.5 Å². The summed E-state index contributed by atoms with van der Waals surface area (Å²) in [5.41, 5.74) is 0.483. The van der Waals surface area contributed by atoms with E-state index in [0.717, 1.165) is 25.7 Å². The summed E-state index contributed by atoms with van der Waals surface area (Å²) >= 11 is 0. The van der Waals surface area contributed by atoms with Gasteiger partial charge in [-0.25, -0.2) is 8.42 Å². The summed E-state index contributed by atoms with van der Waals surface area (Å²) in [7, 11) is 4.50. The summed E-state index contributed by atoms with van der Waals surface area (Å²) in [6, 6.07) is 2.93. The molecule has 0 radical (unpaired) electrons. The minimum atomic E-state index is -3.94. The number of methoxy groups -OCH3 is 2. The van der Waals surface area contributed by atoms with Crippen LogP contribution < -0.4 is 14.8 Å². The van der Waals surface area contributed by atoms with Gasteiger partial charge in [-0.2, -0.15) is 0 Å². The second-order valence-electron chi connectivity index (χ2n) is 6.13. The van der Waals surface area contributed by atoms with Crippen molar-refractivity contribution in [1.82, 2.24) is 5.32 Å². The minimum Gasteiger partial charge on any atom is -0.493 e. The van der Waals surface area contributed by atoms with E-state index in [0.29, 0.717) is 24.3 Å². The lowest BCUT2D eigenvalue weighted by Crippen LogP contribution is -2.33. The van der Waals surface area contributed by atoms with E-state index in [2.05, 4.69) is 5.32 Å². The smallest absolute Gasteiger partial charge is 0.261 e. The van der Waals surface area contributed by atoms with Crippen molar-refractivity contribution in [3.8, 4) is 11.5 Å². The van der Waals surface area contributed by atoms with Crippen LogP contribution in [0.4, 0.5) is 0 Å². The molecule has 0 heterocycles. The molecule has 0 saturated heterocycles. The standard InChI is InChI=1S/C17H24ClNO5S/c1-23-14-10-13(16(25(18,21)22)11-15(14)24-2)8-9-19-17(20)12-6-4-3-5-7-12/h10-12H,3-9H2,1-2H3,(H,19,20). The second-order valence-corrected chi connectivity index (χ2v) is 8.66. The van der Waals surface area contributed by atoms with E-state index in [1.165, 1.54) is 26.7 Å². The maximum absolute atomic E-state index is 12.2. The van der Waals surface area contributed by atoms with Crippen molar-refractivity contribution >= 4 is 25.6 Å². The Kier molecular flexibility index (Phi) is 6.95. The lowest BCUT2D eigenvalue weighted by atomic mass is 9.88. The number of ether oxygens (including phenoxy) is 2. The first-order valence-corrected chi connectivity index (χ1v) is 10.6. The molecule has 1 aliphatic rings. The van der Waals surface area contributed by atoms with Crippen LogP contribution in [-0.2, 0) is 20.3 Å². The van der Waals surface area contributed by atoms with Crippen molar-refractivity contribution in [3.05, 3.63) is 17.7 Å². The van der Waals surface area contributed by atoms with Gasteiger partial charge in [0.1, 0.15) is 0 Å². The van der Waals surface area contributed by atoms with Crippen LogP contribution in [0.1, 0.15) is 37.7 Å². The number of amides is 1. The van der Waals surface area contributed by atoms with E-state index < -0.39 is 9.05 Å². The maximum Gasteiger partial charge on any atom is 0.261 e. The van der Waals surface area contributed by atoms with E-state index in [1.54, 1.807) is 6.07 Å². The fourth-order valence-electron chi connectivity index (χ4n) is 3.15. The van der Waals surface area contributed by atoms with Crippen molar-refractivity contribution < 1.29 is 22.7 Å². The summed E-state index contributed by atoms with van der Waals surface area (Å²) in [6.45, 7) is 0.338. The zero-order valence-corrected chi connectivity index (χ0v) is 16.1. The zero-order chi connectivity index (χ0) is 18.4. The maximum atomic E-state index is 12.2. The van der Waals surface area contributed by atoms with Crippen LogP contribution >= 0.6 is 10.7 Å². The number of benzene rings is 1. The minimum absolute atomic E-state index is 0.0290. The molecule has 0 bridgehead atoms. The molecule has 25 heavy (non-hydrogen) atoms. The van der Waals surface area contributed by atoms with Gasteiger partial charge >= 0.3 is 0 Å². The Morgan fingerprint density at radius 2 is 1.76 bits per heavy atom. The lowest BCUT2D eigenvalue weighted by molar-refractivity contribution is -0.125. The normalized spacial score (nSPS) is 15.6. The van der Waals surface area contributed by atoms with Gasteiger partial charge < -0.3 is 14.8 Å². The molecule has 8 heteroatoms. The Labute approximate surface area is 153 Å². The SMILES string of the molecule is COc1cc(CCNC(=O)C2CCCCC2)c(S(=O)(=O)Cl)cc1OC. The van der Waals surface area contributed by atoms with Crippen LogP contribution in [0.15, 0.2) is 17.0 Å². The molecule has 0 atom stereocenters. The van der Waals surface area contributed by atoms with Gasteiger partial charge in [0.15, 0.2) is 11.5 Å². The topological polar surface area (TPSA) is 81.7 Å². The molecule has 0 aromatic heterocycles. The molecular weight excluding hydrogens is 366 g/mol. The predicted molar refractivity (Wildman–Crippen MR) is 95.9 cm³/mol. The van der Waals surface area contributed by atoms with Crippen molar-refractivity contribution in [3.63, 3.8) is 0 Å². The van der Waals surface area contributed by atoms with Gasteiger partial charge in [0.05, 0.1) is 19.1 Å². The average molecular weight is 390 g/mol. The summed E-state index contributed by atoms with van der Waals surface area (Å²) in [4.78, 5) is 12.2. The molecule has 0 spiro atoms. The number of hydrogen-bond acceptors (Lipinski definition) is 5. The van der Waals surface area contributed by atoms with Crippen LogP contribution in [-0.4, -0.2) is 35.1 Å². The van der Waals surface area contributed by atoms with E-state index in [9.17, 15) is 13.2 Å². The molecule has 0 unspecified atom stereocenters. The predicted octanol–water partition coefficient (Wildman–Crippen LogP) is 2.87. The number of carbonyl (C=O) groups excluding carboxylic acids is 1. The third-order valence-electron chi connectivity index (χ3n) is 4.50. The number of halogens is 1. The van der Waals surface area contributed by atoms with Gasteiger partial charge in [-0.3, -0.25) is 4.79 Å². The fourth-order valence-corrected chi connectivity index (χ4v) is 4.31. The third kappa shape index (κ3) is 5.25. The summed E-state index contributed by atoms with van der Waals surface area (Å²) in [6.07, 6.45) is 5.53. The van der Waals surface area contributed by atoms with Gasteiger partial charge in [-0.15, -0.1) is 0 Å². The number of hydrogen-bond donors (Lipinski definition) is 1. The number of rotatable bonds is 7. The van der Waals surface area contributed by atoms with E-state index in [1.807, 2.05) is 0 Å². The average Bonchev–Trinajstić information content (AvgIpc) is 2.60. The Hall–Kier alpha value is -1.47. The first-order chi connectivity index (χ1) is 11.9. The molecule has 1 fully saturated rings. The molecule has 1 N–H and O–H groups in total. The molecule has 1 amide bonds. The van der Waals surface area contributed by atoms with Crippen molar-refractivity contribution in [2.24, 2.45) is 5.92 Å². The molecule has 2 rings (SSSR count). The Morgan fingerprint density at radius 3 is 2.32 bits per heavy atom. The molecule has 1 aromatic carbocycles. The number of carbonyl (C=O) groups is 1. The lowest BCUT2D eigenvalue weighted by Gasteiger charge is -2.21. The highest BCUT2D eigenvalue weighted by atomic mass is 35.7. The van der Waals surface area contributed by atoms with Crippen molar-refractivity contribution in [2.45, 2.75) is 43.4 Å². The van der Waals surface area contributed by atoms with Crippen molar-refractivity contribution in [1.29, 1.82) is 0 Å². The molecule has 0 aliphatic heterocycles. The molecule has 1 aliphatic carbocycles. The quantitative estimate of drug-likeness (QED) is 0.725. The summed E-state index contributed by atoms with van der Waals surface area (Å²) in [5.74, 6) is 0.808. The van der Waals surface area contributed by atoms with Gasteiger partial charge in [0.2, 0.25) is 5.91 Å². The Morgan fingerprint density at radius 1 is 1.16 bits per heavy atom. The molecule has 1 saturated carbocycles. The zero-order valence-electron chi connectivity index (χ0n) is 14.5.